The molecule has 0 atom stereocenters. The highest BCUT2D eigenvalue weighted by Crippen LogP contribution is 2.09. The van der Waals surface area contributed by atoms with Crippen molar-refractivity contribution in [2.24, 2.45) is 0 Å². The minimum absolute atomic E-state index is 0.0515. The van der Waals surface area contributed by atoms with Crippen molar-refractivity contribution in [1.29, 1.82) is 0 Å². The Kier molecular flexibility index (Phi) is 2.88. The molecule has 1 rings (SSSR count). The van der Waals surface area contributed by atoms with Gasteiger partial charge in [-0.25, -0.2) is 0 Å². The van der Waals surface area contributed by atoms with Gasteiger partial charge in [0.05, 0.1) is 17.2 Å². The van der Waals surface area contributed by atoms with Crippen LogP contribution >= 0.6 is 0 Å². The van der Waals surface area contributed by atoms with Crippen LogP contribution in [0.15, 0.2) is 18.3 Å². The summed E-state index contributed by atoms with van der Waals surface area (Å²) < 4.78 is 0. The van der Waals surface area contributed by atoms with Crippen molar-refractivity contribution in [1.82, 2.24) is 10.0 Å². The zero-order valence-electron chi connectivity index (χ0n) is 7.04. The molecule has 13 heavy (non-hydrogen) atoms. The highest BCUT2D eigenvalue weighted by atomic mass is 16.6. The standard InChI is InChI=1S/C7H9N3O3/c1-9(11)5-6-2-3-7(4-8-6)10(12)13/h2-4,11H,5H2,1H3. The SMILES string of the molecule is CN(O)Cc1ccc([N+](=O)[O-])cn1. The van der Waals surface area contributed by atoms with E-state index in [1.807, 2.05) is 0 Å². The zero-order chi connectivity index (χ0) is 9.84. The minimum atomic E-state index is -0.514. The van der Waals surface area contributed by atoms with E-state index in [0.29, 0.717) is 5.69 Å². The maximum absolute atomic E-state index is 10.2. The maximum Gasteiger partial charge on any atom is 0.287 e. The van der Waals surface area contributed by atoms with Crippen molar-refractivity contribution in [3.8, 4) is 0 Å². The number of hydroxylamine groups is 2. The number of hydrogen-bond acceptors (Lipinski definition) is 5. The van der Waals surface area contributed by atoms with E-state index in [0.717, 1.165) is 5.06 Å². The van der Waals surface area contributed by atoms with Gasteiger partial charge in [0.25, 0.3) is 5.69 Å². The molecule has 6 nitrogen and oxygen atoms in total. The van der Waals surface area contributed by atoms with E-state index in [1.165, 1.54) is 25.4 Å². The van der Waals surface area contributed by atoms with E-state index in [2.05, 4.69) is 4.98 Å². The van der Waals surface area contributed by atoms with Crippen molar-refractivity contribution >= 4 is 5.69 Å². The molecule has 0 fully saturated rings. The molecule has 0 amide bonds. The second-order valence-electron chi connectivity index (χ2n) is 2.58. The quantitative estimate of drug-likeness (QED) is 0.554. The molecule has 0 aliphatic carbocycles. The lowest BCUT2D eigenvalue weighted by Crippen LogP contribution is -2.12. The molecule has 70 valence electrons. The molecule has 1 N–H and O–H groups in total. The molecule has 1 aromatic rings. The van der Waals surface area contributed by atoms with Gasteiger partial charge < -0.3 is 5.21 Å². The van der Waals surface area contributed by atoms with Gasteiger partial charge >= 0.3 is 0 Å². The van der Waals surface area contributed by atoms with Gasteiger partial charge in [-0.1, -0.05) is 0 Å². The first kappa shape index (κ1) is 9.56. The van der Waals surface area contributed by atoms with Gasteiger partial charge in [0.15, 0.2) is 0 Å². The molecule has 0 bridgehead atoms. The first-order chi connectivity index (χ1) is 6.09. The average molecular weight is 183 g/mol. The Morgan fingerprint density at radius 3 is 2.77 bits per heavy atom. The second-order valence-corrected chi connectivity index (χ2v) is 2.58. The monoisotopic (exact) mass is 183 g/mol. The van der Waals surface area contributed by atoms with Crippen LogP contribution in [0.5, 0.6) is 0 Å². The molecule has 0 unspecified atom stereocenters. The fourth-order valence-corrected chi connectivity index (χ4v) is 0.853. The van der Waals surface area contributed by atoms with Crippen molar-refractivity contribution in [2.45, 2.75) is 6.54 Å². The molecule has 1 aromatic heterocycles. The van der Waals surface area contributed by atoms with Crippen LogP contribution in [0.25, 0.3) is 0 Å². The van der Waals surface area contributed by atoms with E-state index >= 15 is 0 Å². The Labute approximate surface area is 74.5 Å². The van der Waals surface area contributed by atoms with Crippen molar-refractivity contribution < 1.29 is 10.1 Å². The fourth-order valence-electron chi connectivity index (χ4n) is 0.853. The number of aromatic nitrogens is 1. The largest absolute Gasteiger partial charge is 0.314 e. The Morgan fingerprint density at radius 2 is 2.38 bits per heavy atom. The van der Waals surface area contributed by atoms with Gasteiger partial charge in [-0.2, -0.15) is 5.06 Å². The molecule has 0 radical (unpaired) electrons. The molecular formula is C7H9N3O3. The maximum atomic E-state index is 10.2. The zero-order valence-corrected chi connectivity index (χ0v) is 7.04. The van der Waals surface area contributed by atoms with Crippen LogP contribution in [0.4, 0.5) is 5.69 Å². The highest BCUT2D eigenvalue weighted by Gasteiger charge is 2.05. The molecule has 0 aliphatic rings. The number of rotatable bonds is 3. The van der Waals surface area contributed by atoms with Crippen LogP contribution in [0.2, 0.25) is 0 Å². The van der Waals surface area contributed by atoms with Gasteiger partial charge in [-0.15, -0.1) is 0 Å². The summed E-state index contributed by atoms with van der Waals surface area (Å²) in [7, 11) is 1.48. The van der Waals surface area contributed by atoms with Gasteiger partial charge in [0.1, 0.15) is 6.20 Å². The second kappa shape index (κ2) is 3.92. The number of nitrogens with zero attached hydrogens (tertiary/aromatic N) is 3. The lowest BCUT2D eigenvalue weighted by Gasteiger charge is -2.05. The normalized spacial score (nSPS) is 10.4. The Balaban J connectivity index is 2.75. The Bertz CT molecular complexity index is 296. The lowest BCUT2D eigenvalue weighted by molar-refractivity contribution is -0.385. The minimum Gasteiger partial charge on any atom is -0.314 e. The van der Waals surface area contributed by atoms with E-state index in [1.54, 1.807) is 0 Å². The summed E-state index contributed by atoms with van der Waals surface area (Å²) in [6.45, 7) is 0.248. The van der Waals surface area contributed by atoms with Crippen LogP contribution in [-0.4, -0.2) is 27.2 Å². The van der Waals surface area contributed by atoms with E-state index in [9.17, 15) is 10.1 Å². The third-order valence-electron chi connectivity index (χ3n) is 1.41. The predicted molar refractivity (Wildman–Crippen MR) is 44.1 cm³/mol. The van der Waals surface area contributed by atoms with Crippen LogP contribution < -0.4 is 0 Å². The molecule has 1 heterocycles. The van der Waals surface area contributed by atoms with Crippen LogP contribution in [-0.2, 0) is 6.54 Å². The summed E-state index contributed by atoms with van der Waals surface area (Å²) >= 11 is 0. The van der Waals surface area contributed by atoms with E-state index in [-0.39, 0.29) is 12.2 Å². The third-order valence-corrected chi connectivity index (χ3v) is 1.41. The lowest BCUT2D eigenvalue weighted by atomic mass is 10.3. The summed E-state index contributed by atoms with van der Waals surface area (Å²) in [5.74, 6) is 0. The molecular weight excluding hydrogens is 174 g/mol. The van der Waals surface area contributed by atoms with Gasteiger partial charge in [0, 0.05) is 13.1 Å². The molecule has 0 spiro atoms. The topological polar surface area (TPSA) is 79.5 Å². The summed E-state index contributed by atoms with van der Waals surface area (Å²) in [4.78, 5) is 13.5. The Morgan fingerprint density at radius 1 is 1.69 bits per heavy atom. The average Bonchev–Trinajstić information content (AvgIpc) is 2.04. The molecule has 0 saturated heterocycles. The first-order valence-electron chi connectivity index (χ1n) is 3.59. The highest BCUT2D eigenvalue weighted by molar-refractivity contribution is 5.26. The molecule has 0 saturated carbocycles. The van der Waals surface area contributed by atoms with Gasteiger partial charge in [-0.3, -0.25) is 15.1 Å². The van der Waals surface area contributed by atoms with Crippen LogP contribution in [0.3, 0.4) is 0 Å². The first-order valence-corrected chi connectivity index (χ1v) is 3.59. The van der Waals surface area contributed by atoms with E-state index < -0.39 is 4.92 Å². The molecule has 0 aliphatic heterocycles. The van der Waals surface area contributed by atoms with Crippen LogP contribution in [0.1, 0.15) is 5.69 Å². The predicted octanol–water partition coefficient (Wildman–Crippen LogP) is 0.811. The van der Waals surface area contributed by atoms with Crippen molar-refractivity contribution in [3.05, 3.63) is 34.1 Å². The van der Waals surface area contributed by atoms with Gasteiger partial charge in [0.2, 0.25) is 0 Å². The summed E-state index contributed by atoms with van der Waals surface area (Å²) in [5, 5.41) is 20.0. The van der Waals surface area contributed by atoms with Crippen molar-refractivity contribution in [2.75, 3.05) is 7.05 Å². The fraction of sp³-hybridized carbons (Fsp3) is 0.286. The third kappa shape index (κ3) is 2.77. The Hall–Kier alpha value is -1.53. The number of nitro groups is 1. The summed E-state index contributed by atoms with van der Waals surface area (Å²) in [6, 6.07) is 2.86. The molecule has 6 heteroatoms. The summed E-state index contributed by atoms with van der Waals surface area (Å²) in [6.07, 6.45) is 1.17. The number of hydrogen-bond donors (Lipinski definition) is 1. The van der Waals surface area contributed by atoms with Crippen LogP contribution in [0, 0.1) is 10.1 Å². The van der Waals surface area contributed by atoms with E-state index in [4.69, 9.17) is 5.21 Å². The smallest absolute Gasteiger partial charge is 0.287 e. The van der Waals surface area contributed by atoms with Gasteiger partial charge in [-0.05, 0) is 6.07 Å². The summed E-state index contributed by atoms with van der Waals surface area (Å²) in [5.41, 5.74) is 0.528. The van der Waals surface area contributed by atoms with Crippen molar-refractivity contribution in [3.63, 3.8) is 0 Å². The molecule has 0 aromatic carbocycles. The number of pyridine rings is 1.